The Morgan fingerprint density at radius 2 is 2.00 bits per heavy atom. The molecule has 13 heavy (non-hydrogen) atoms. The second-order valence-corrected chi connectivity index (χ2v) is 5.60. The monoisotopic (exact) mass is 179 g/mol. The zero-order valence-electron chi connectivity index (χ0n) is 8.52. The van der Waals surface area contributed by atoms with E-state index in [2.05, 4.69) is 5.32 Å². The average molecular weight is 179 g/mol. The summed E-state index contributed by atoms with van der Waals surface area (Å²) in [6.07, 6.45) is 10.7. The van der Waals surface area contributed by atoms with E-state index in [0.717, 1.165) is 17.3 Å². The van der Waals surface area contributed by atoms with Crippen LogP contribution >= 0.6 is 0 Å². The Morgan fingerprint density at radius 1 is 1.15 bits per heavy atom. The van der Waals surface area contributed by atoms with Crippen molar-refractivity contribution in [3.63, 3.8) is 0 Å². The molecule has 0 amide bonds. The molecular formula is C12H21N. The van der Waals surface area contributed by atoms with E-state index < -0.39 is 0 Å². The van der Waals surface area contributed by atoms with E-state index in [-0.39, 0.29) is 0 Å². The van der Waals surface area contributed by atoms with Crippen molar-refractivity contribution < 1.29 is 0 Å². The number of hydrogen-bond donors (Lipinski definition) is 1. The SMILES string of the molecule is C1CCC(CC23CNCC2C3)CC1. The normalized spacial score (nSPS) is 44.8. The van der Waals surface area contributed by atoms with Crippen molar-refractivity contribution in [1.29, 1.82) is 0 Å². The molecule has 0 aromatic rings. The lowest BCUT2D eigenvalue weighted by molar-refractivity contribution is 0.276. The molecular weight excluding hydrogens is 158 g/mol. The predicted octanol–water partition coefficient (Wildman–Crippen LogP) is 2.57. The fraction of sp³-hybridized carbons (Fsp3) is 1.00. The predicted molar refractivity (Wildman–Crippen MR) is 54.6 cm³/mol. The van der Waals surface area contributed by atoms with Crippen molar-refractivity contribution in [2.75, 3.05) is 13.1 Å². The Hall–Kier alpha value is -0.0400. The highest BCUT2D eigenvalue weighted by atomic mass is 15.0. The lowest BCUT2D eigenvalue weighted by Crippen LogP contribution is -2.20. The van der Waals surface area contributed by atoms with Crippen LogP contribution in [0.25, 0.3) is 0 Å². The molecule has 2 atom stereocenters. The molecule has 3 aliphatic rings. The summed E-state index contributed by atoms with van der Waals surface area (Å²) < 4.78 is 0. The summed E-state index contributed by atoms with van der Waals surface area (Å²) >= 11 is 0. The molecule has 0 radical (unpaired) electrons. The lowest BCUT2D eigenvalue weighted by Gasteiger charge is -2.25. The van der Waals surface area contributed by atoms with Crippen LogP contribution in [0.15, 0.2) is 0 Å². The third-order valence-corrected chi connectivity index (χ3v) is 4.65. The smallest absolute Gasteiger partial charge is 0.00113 e. The average Bonchev–Trinajstić information content (AvgIpc) is 2.69. The minimum absolute atomic E-state index is 0.808. The largest absolute Gasteiger partial charge is 0.316 e. The minimum Gasteiger partial charge on any atom is -0.316 e. The maximum atomic E-state index is 3.55. The fourth-order valence-electron chi connectivity index (χ4n) is 3.72. The molecule has 0 bridgehead atoms. The molecule has 1 N–H and O–H groups in total. The quantitative estimate of drug-likeness (QED) is 0.687. The van der Waals surface area contributed by atoms with E-state index in [1.54, 1.807) is 12.8 Å². The third-order valence-electron chi connectivity index (χ3n) is 4.65. The van der Waals surface area contributed by atoms with Gasteiger partial charge < -0.3 is 5.32 Å². The van der Waals surface area contributed by atoms with Crippen LogP contribution in [-0.2, 0) is 0 Å². The molecule has 3 fully saturated rings. The third kappa shape index (κ3) is 1.41. The molecule has 3 rings (SSSR count). The molecule has 2 unspecified atom stereocenters. The fourth-order valence-corrected chi connectivity index (χ4v) is 3.72. The molecule has 1 nitrogen and oxygen atoms in total. The van der Waals surface area contributed by atoms with Gasteiger partial charge in [-0.2, -0.15) is 0 Å². The van der Waals surface area contributed by atoms with Crippen molar-refractivity contribution in [3.8, 4) is 0 Å². The van der Waals surface area contributed by atoms with Crippen molar-refractivity contribution in [2.45, 2.75) is 44.9 Å². The molecule has 0 aromatic carbocycles. The molecule has 2 aliphatic carbocycles. The Balaban J connectivity index is 1.56. The maximum absolute atomic E-state index is 3.55. The van der Waals surface area contributed by atoms with Crippen LogP contribution in [-0.4, -0.2) is 13.1 Å². The minimum atomic E-state index is 0.808. The number of rotatable bonds is 2. The first-order chi connectivity index (χ1) is 6.39. The summed E-state index contributed by atoms with van der Waals surface area (Å²) in [5.74, 6) is 2.17. The van der Waals surface area contributed by atoms with Crippen molar-refractivity contribution >= 4 is 0 Å². The van der Waals surface area contributed by atoms with Gasteiger partial charge in [0.05, 0.1) is 0 Å². The summed E-state index contributed by atoms with van der Waals surface area (Å²) in [6, 6.07) is 0. The van der Waals surface area contributed by atoms with Crippen LogP contribution in [0.1, 0.15) is 44.9 Å². The lowest BCUT2D eigenvalue weighted by atomic mass is 9.81. The van der Waals surface area contributed by atoms with Crippen LogP contribution < -0.4 is 5.32 Å². The van der Waals surface area contributed by atoms with Crippen LogP contribution in [0.3, 0.4) is 0 Å². The zero-order valence-corrected chi connectivity index (χ0v) is 8.52. The number of piperidine rings is 1. The van der Waals surface area contributed by atoms with Crippen molar-refractivity contribution in [3.05, 3.63) is 0 Å². The van der Waals surface area contributed by atoms with E-state index in [9.17, 15) is 0 Å². The molecule has 0 aromatic heterocycles. The van der Waals surface area contributed by atoms with E-state index >= 15 is 0 Å². The highest BCUT2D eigenvalue weighted by Gasteiger charge is 2.57. The first kappa shape index (κ1) is 8.28. The van der Waals surface area contributed by atoms with Crippen LogP contribution in [0.5, 0.6) is 0 Å². The molecule has 74 valence electrons. The van der Waals surface area contributed by atoms with Crippen LogP contribution in [0.4, 0.5) is 0 Å². The van der Waals surface area contributed by atoms with E-state index in [4.69, 9.17) is 0 Å². The van der Waals surface area contributed by atoms with Gasteiger partial charge in [0.2, 0.25) is 0 Å². The molecule has 1 heterocycles. The van der Waals surface area contributed by atoms with Crippen molar-refractivity contribution in [1.82, 2.24) is 5.32 Å². The highest BCUT2D eigenvalue weighted by molar-refractivity contribution is 5.09. The second-order valence-electron chi connectivity index (χ2n) is 5.60. The van der Waals surface area contributed by atoms with Crippen LogP contribution in [0, 0.1) is 17.3 Å². The zero-order chi connectivity index (χ0) is 8.73. The summed E-state index contributed by atoms with van der Waals surface area (Å²) in [5.41, 5.74) is 0.808. The van der Waals surface area contributed by atoms with Gasteiger partial charge >= 0.3 is 0 Å². The Labute approximate surface area is 81.3 Å². The summed E-state index contributed by atoms with van der Waals surface area (Å²) in [7, 11) is 0. The summed E-state index contributed by atoms with van der Waals surface area (Å²) in [4.78, 5) is 0. The van der Waals surface area contributed by atoms with Gasteiger partial charge in [-0.25, -0.2) is 0 Å². The van der Waals surface area contributed by atoms with Gasteiger partial charge in [0.15, 0.2) is 0 Å². The highest BCUT2D eigenvalue weighted by Crippen LogP contribution is 2.59. The van der Waals surface area contributed by atoms with Gasteiger partial charge in [-0.15, -0.1) is 0 Å². The van der Waals surface area contributed by atoms with Crippen LogP contribution in [0.2, 0.25) is 0 Å². The topological polar surface area (TPSA) is 12.0 Å². The van der Waals surface area contributed by atoms with Gasteiger partial charge in [0.25, 0.3) is 0 Å². The van der Waals surface area contributed by atoms with Gasteiger partial charge in [-0.05, 0) is 36.6 Å². The first-order valence-electron chi connectivity index (χ1n) is 6.10. The number of fused-ring (bicyclic) bond motifs is 1. The Morgan fingerprint density at radius 3 is 2.62 bits per heavy atom. The van der Waals surface area contributed by atoms with Gasteiger partial charge in [0.1, 0.15) is 0 Å². The maximum Gasteiger partial charge on any atom is 0.00113 e. The number of nitrogens with one attached hydrogen (secondary N) is 1. The molecule has 0 spiro atoms. The van der Waals surface area contributed by atoms with Gasteiger partial charge in [0, 0.05) is 6.54 Å². The molecule has 1 heteroatoms. The van der Waals surface area contributed by atoms with E-state index in [1.165, 1.54) is 45.2 Å². The molecule has 1 aliphatic heterocycles. The van der Waals surface area contributed by atoms with Crippen molar-refractivity contribution in [2.24, 2.45) is 17.3 Å². The molecule has 1 saturated heterocycles. The Kier molecular flexibility index (Phi) is 1.90. The second kappa shape index (κ2) is 2.98. The van der Waals surface area contributed by atoms with E-state index in [0.29, 0.717) is 0 Å². The summed E-state index contributed by atoms with van der Waals surface area (Å²) in [5, 5.41) is 3.55. The van der Waals surface area contributed by atoms with Gasteiger partial charge in [-0.1, -0.05) is 32.1 Å². The summed E-state index contributed by atoms with van der Waals surface area (Å²) in [6.45, 7) is 2.67. The number of hydrogen-bond acceptors (Lipinski definition) is 1. The molecule has 2 saturated carbocycles. The van der Waals surface area contributed by atoms with Gasteiger partial charge in [-0.3, -0.25) is 0 Å². The Bertz CT molecular complexity index is 195. The standard InChI is InChI=1S/C12H21N/c1-2-4-10(5-3-1)6-12-7-11(12)8-13-9-12/h10-11,13H,1-9H2. The first-order valence-corrected chi connectivity index (χ1v) is 6.10. The van der Waals surface area contributed by atoms with E-state index in [1.807, 2.05) is 0 Å².